The van der Waals surface area contributed by atoms with Crippen molar-refractivity contribution < 1.29 is 9.90 Å². The largest absolute Gasteiger partial charge is 0.508 e. The van der Waals surface area contributed by atoms with Crippen LogP contribution in [0.2, 0.25) is 0 Å². The first-order valence-electron chi connectivity index (χ1n) is 10.7. The van der Waals surface area contributed by atoms with Gasteiger partial charge in [0.15, 0.2) is 5.65 Å². The molecule has 34 heavy (non-hydrogen) atoms. The lowest BCUT2D eigenvalue weighted by atomic mass is 10.1. The number of nitrogens with one attached hydrogen (secondary N) is 1. The minimum Gasteiger partial charge on any atom is -0.508 e. The van der Waals surface area contributed by atoms with E-state index in [0.29, 0.717) is 33.4 Å². The smallest absolute Gasteiger partial charge is 0.261 e. The number of carbonyl (C=O) groups excluding carboxylic acids is 1. The van der Waals surface area contributed by atoms with E-state index in [9.17, 15) is 9.90 Å². The molecule has 5 aromatic rings. The summed E-state index contributed by atoms with van der Waals surface area (Å²) in [6.45, 7) is 3.89. The first-order chi connectivity index (χ1) is 16.4. The molecule has 0 fully saturated rings. The predicted molar refractivity (Wildman–Crippen MR) is 134 cm³/mol. The van der Waals surface area contributed by atoms with Gasteiger partial charge in [-0.15, -0.1) is 0 Å². The third-order valence-corrected chi connectivity index (χ3v) is 5.53. The number of aromatic nitrogens is 3. The van der Waals surface area contributed by atoms with E-state index in [4.69, 9.17) is 10.7 Å². The van der Waals surface area contributed by atoms with Gasteiger partial charge in [0, 0.05) is 5.69 Å². The molecule has 8 nitrogen and oxygen atoms in total. The van der Waals surface area contributed by atoms with Crippen molar-refractivity contribution in [3.05, 3.63) is 89.0 Å². The Balaban J connectivity index is 1.67. The second-order valence-electron chi connectivity index (χ2n) is 8.07. The summed E-state index contributed by atoms with van der Waals surface area (Å²) < 4.78 is 1.40. The van der Waals surface area contributed by atoms with E-state index in [0.717, 1.165) is 11.1 Å². The maximum absolute atomic E-state index is 13.4. The molecule has 0 aliphatic rings. The highest BCUT2D eigenvalue weighted by Gasteiger charge is 2.24. The number of hydrogen-bond acceptors (Lipinski definition) is 6. The van der Waals surface area contributed by atoms with E-state index >= 15 is 0 Å². The number of nitrogens with zero attached hydrogens (tertiary/aromatic N) is 4. The molecule has 0 aliphatic heterocycles. The van der Waals surface area contributed by atoms with Crippen LogP contribution >= 0.6 is 0 Å². The van der Waals surface area contributed by atoms with Gasteiger partial charge in [0.25, 0.3) is 5.91 Å². The molecule has 0 atom stereocenters. The summed E-state index contributed by atoms with van der Waals surface area (Å²) in [5, 5.41) is 17.2. The number of hydrogen-bond donors (Lipinski definition) is 3. The number of rotatable bonds is 4. The molecule has 0 saturated heterocycles. The zero-order valence-electron chi connectivity index (χ0n) is 18.6. The second kappa shape index (κ2) is 8.32. The zero-order valence-corrected chi connectivity index (χ0v) is 18.6. The molecule has 0 aliphatic carbocycles. The normalized spacial score (nSPS) is 11.5. The summed E-state index contributed by atoms with van der Waals surface area (Å²) in [5.41, 5.74) is 12.0. The molecule has 5 rings (SSSR count). The number of phenols is 1. The van der Waals surface area contributed by atoms with Gasteiger partial charge >= 0.3 is 0 Å². The molecule has 3 aromatic carbocycles. The van der Waals surface area contributed by atoms with Gasteiger partial charge in [-0.1, -0.05) is 36.4 Å². The molecule has 8 heteroatoms. The fourth-order valence-electron chi connectivity index (χ4n) is 3.77. The SMILES string of the molecule is Cc1ccc(C)c(NC(=O)c2c(N)n(/N=C\c3cccc(O)c3)c3nc4ccccc4nc23)c1. The molecule has 0 bridgehead atoms. The van der Waals surface area contributed by atoms with Gasteiger partial charge in [-0.2, -0.15) is 9.78 Å². The van der Waals surface area contributed by atoms with Crippen LogP contribution in [0.4, 0.5) is 11.5 Å². The summed E-state index contributed by atoms with van der Waals surface area (Å²) in [6, 6.07) is 19.9. The third-order valence-electron chi connectivity index (χ3n) is 5.53. The number of amides is 1. The molecule has 0 radical (unpaired) electrons. The monoisotopic (exact) mass is 450 g/mol. The zero-order chi connectivity index (χ0) is 23.8. The van der Waals surface area contributed by atoms with Crippen molar-refractivity contribution in [1.82, 2.24) is 14.6 Å². The summed E-state index contributed by atoms with van der Waals surface area (Å²) >= 11 is 0. The van der Waals surface area contributed by atoms with Crippen LogP contribution in [0.25, 0.3) is 22.2 Å². The van der Waals surface area contributed by atoms with Crippen molar-refractivity contribution in [3.8, 4) is 5.75 Å². The molecule has 4 N–H and O–H groups in total. The van der Waals surface area contributed by atoms with Crippen molar-refractivity contribution >= 4 is 45.8 Å². The molecule has 0 unspecified atom stereocenters. The minimum atomic E-state index is -0.396. The Hall–Kier alpha value is -4.72. The Labute approximate surface area is 195 Å². The van der Waals surface area contributed by atoms with Crippen molar-refractivity contribution in [2.45, 2.75) is 13.8 Å². The van der Waals surface area contributed by atoms with Crippen molar-refractivity contribution in [1.29, 1.82) is 0 Å². The van der Waals surface area contributed by atoms with E-state index in [2.05, 4.69) is 15.4 Å². The van der Waals surface area contributed by atoms with Gasteiger partial charge in [-0.05, 0) is 60.9 Å². The van der Waals surface area contributed by atoms with Gasteiger partial charge in [0.05, 0.1) is 17.2 Å². The van der Waals surface area contributed by atoms with E-state index in [1.54, 1.807) is 30.5 Å². The Morgan fingerprint density at radius 2 is 1.79 bits per heavy atom. The van der Waals surface area contributed by atoms with Crippen LogP contribution in [-0.2, 0) is 0 Å². The number of aromatic hydroxyl groups is 1. The fourth-order valence-corrected chi connectivity index (χ4v) is 3.77. The Bertz CT molecular complexity index is 1600. The van der Waals surface area contributed by atoms with Crippen molar-refractivity contribution in [2.75, 3.05) is 11.1 Å². The van der Waals surface area contributed by atoms with E-state index in [-0.39, 0.29) is 17.1 Å². The quantitative estimate of drug-likeness (QED) is 0.345. The molecule has 1 amide bonds. The maximum atomic E-state index is 13.4. The number of aryl methyl sites for hydroxylation is 2. The molecular weight excluding hydrogens is 428 g/mol. The maximum Gasteiger partial charge on any atom is 0.261 e. The lowest BCUT2D eigenvalue weighted by Gasteiger charge is -2.09. The van der Waals surface area contributed by atoms with Gasteiger partial charge in [0.1, 0.15) is 22.6 Å². The lowest BCUT2D eigenvalue weighted by molar-refractivity contribution is 0.102. The first-order valence-corrected chi connectivity index (χ1v) is 10.7. The highest BCUT2D eigenvalue weighted by Crippen LogP contribution is 2.29. The van der Waals surface area contributed by atoms with Crippen LogP contribution in [0, 0.1) is 13.8 Å². The Morgan fingerprint density at radius 3 is 2.56 bits per heavy atom. The molecule has 0 saturated carbocycles. The third kappa shape index (κ3) is 3.81. The molecular formula is C26H22N6O2. The average Bonchev–Trinajstić information content (AvgIpc) is 3.08. The standard InChI is InChI=1S/C26H22N6O2/c1-15-10-11-16(2)21(12-15)31-26(34)22-23-25(30-20-9-4-3-8-19(20)29-23)32(24(22)27)28-14-17-6-5-7-18(33)13-17/h3-14,33H,27H2,1-2H3,(H,31,34)/b28-14-. The molecule has 0 spiro atoms. The number of benzene rings is 3. The molecule has 2 heterocycles. The highest BCUT2D eigenvalue weighted by molar-refractivity contribution is 6.16. The van der Waals surface area contributed by atoms with Crippen LogP contribution < -0.4 is 11.1 Å². The fraction of sp³-hybridized carbons (Fsp3) is 0.0769. The van der Waals surface area contributed by atoms with Gasteiger partial charge in [-0.3, -0.25) is 4.79 Å². The number of anilines is 2. The van der Waals surface area contributed by atoms with Crippen LogP contribution in [0.5, 0.6) is 5.75 Å². The molecule has 2 aromatic heterocycles. The Kier molecular flexibility index (Phi) is 5.18. The number of phenolic OH excluding ortho intramolecular Hbond substituents is 1. The van der Waals surface area contributed by atoms with Gasteiger partial charge in [-0.25, -0.2) is 9.97 Å². The van der Waals surface area contributed by atoms with Gasteiger partial charge < -0.3 is 16.2 Å². The van der Waals surface area contributed by atoms with E-state index < -0.39 is 5.91 Å². The first kappa shape index (κ1) is 21.1. The number of fused-ring (bicyclic) bond motifs is 2. The summed E-state index contributed by atoms with van der Waals surface area (Å²) in [7, 11) is 0. The van der Waals surface area contributed by atoms with Crippen LogP contribution in [-0.4, -0.2) is 31.9 Å². The number of carbonyl (C=O) groups is 1. The number of nitrogens with two attached hydrogens (primary N) is 1. The highest BCUT2D eigenvalue weighted by atomic mass is 16.3. The number of nitrogen functional groups attached to an aromatic ring is 1. The lowest BCUT2D eigenvalue weighted by Crippen LogP contribution is -2.15. The van der Waals surface area contributed by atoms with Crippen molar-refractivity contribution in [3.63, 3.8) is 0 Å². The van der Waals surface area contributed by atoms with E-state index in [1.807, 2.05) is 56.3 Å². The molecule has 168 valence electrons. The topological polar surface area (TPSA) is 118 Å². The summed E-state index contributed by atoms with van der Waals surface area (Å²) in [5.74, 6) is -0.162. The van der Waals surface area contributed by atoms with Crippen LogP contribution in [0.15, 0.2) is 71.8 Å². The van der Waals surface area contributed by atoms with Gasteiger partial charge in [0.2, 0.25) is 0 Å². The summed E-state index contributed by atoms with van der Waals surface area (Å²) in [6.07, 6.45) is 1.54. The van der Waals surface area contributed by atoms with Crippen LogP contribution in [0.3, 0.4) is 0 Å². The Morgan fingerprint density at radius 1 is 1.03 bits per heavy atom. The van der Waals surface area contributed by atoms with E-state index in [1.165, 1.54) is 4.68 Å². The number of para-hydroxylation sites is 2. The predicted octanol–water partition coefficient (Wildman–Crippen LogP) is 4.62. The average molecular weight is 451 g/mol. The summed E-state index contributed by atoms with van der Waals surface area (Å²) in [4.78, 5) is 22.8. The minimum absolute atomic E-state index is 0.115. The second-order valence-corrected chi connectivity index (χ2v) is 8.07. The van der Waals surface area contributed by atoms with Crippen molar-refractivity contribution in [2.24, 2.45) is 5.10 Å². The van der Waals surface area contributed by atoms with Crippen LogP contribution in [0.1, 0.15) is 27.0 Å².